The highest BCUT2D eigenvalue weighted by molar-refractivity contribution is 7.93. The fraction of sp³-hybridized carbons (Fsp3) is 0.714. The molecule has 1 atom stereocenters. The average molecular weight is 299 g/mol. The molecule has 0 bridgehead atoms. The van der Waals surface area contributed by atoms with E-state index in [1.54, 1.807) is 12.5 Å². The van der Waals surface area contributed by atoms with Crippen LogP contribution in [0.4, 0.5) is 0 Å². The van der Waals surface area contributed by atoms with Gasteiger partial charge in [0.25, 0.3) is 0 Å². The van der Waals surface area contributed by atoms with Gasteiger partial charge >= 0.3 is 0 Å². The molecule has 1 spiro atoms. The third-order valence-corrected chi connectivity index (χ3v) is 7.19. The summed E-state index contributed by atoms with van der Waals surface area (Å²) in [7, 11) is -2.99. The van der Waals surface area contributed by atoms with Crippen molar-refractivity contribution >= 4 is 9.84 Å². The number of nitrogens with zero attached hydrogens (tertiary/aromatic N) is 1. The number of likely N-dealkylation sites (tertiary alicyclic amines) is 1. The second-order valence-corrected chi connectivity index (χ2v) is 8.26. The zero-order valence-electron chi connectivity index (χ0n) is 11.7. The van der Waals surface area contributed by atoms with Crippen molar-refractivity contribution in [2.24, 2.45) is 5.92 Å². The van der Waals surface area contributed by atoms with Gasteiger partial charge in [-0.2, -0.15) is 0 Å². The molecule has 0 radical (unpaired) electrons. The van der Waals surface area contributed by atoms with Crippen molar-refractivity contribution in [3.8, 4) is 0 Å². The van der Waals surface area contributed by atoms with E-state index in [0.717, 1.165) is 18.5 Å². The minimum absolute atomic E-state index is 0.146. The van der Waals surface area contributed by atoms with E-state index in [-0.39, 0.29) is 5.92 Å². The van der Waals surface area contributed by atoms with E-state index in [4.69, 9.17) is 9.15 Å². The van der Waals surface area contributed by atoms with Crippen LogP contribution in [0.25, 0.3) is 0 Å². The Balaban J connectivity index is 1.68. The van der Waals surface area contributed by atoms with Crippen LogP contribution in [0.3, 0.4) is 0 Å². The molecule has 6 heteroatoms. The summed E-state index contributed by atoms with van der Waals surface area (Å²) >= 11 is 0. The van der Waals surface area contributed by atoms with Gasteiger partial charge < -0.3 is 9.15 Å². The van der Waals surface area contributed by atoms with Crippen LogP contribution in [0.1, 0.15) is 18.9 Å². The van der Waals surface area contributed by atoms with Crippen LogP contribution >= 0.6 is 0 Å². The zero-order chi connectivity index (χ0) is 14.2. The van der Waals surface area contributed by atoms with Crippen molar-refractivity contribution < 1.29 is 17.6 Å². The molecule has 2 saturated heterocycles. The van der Waals surface area contributed by atoms with Gasteiger partial charge in [0, 0.05) is 37.7 Å². The van der Waals surface area contributed by atoms with E-state index >= 15 is 0 Å². The first-order valence-corrected chi connectivity index (χ1v) is 8.76. The lowest BCUT2D eigenvalue weighted by molar-refractivity contribution is 0.0291. The van der Waals surface area contributed by atoms with E-state index in [1.807, 2.05) is 13.0 Å². The molecule has 112 valence electrons. The summed E-state index contributed by atoms with van der Waals surface area (Å²) in [6.07, 6.45) is 4.10. The van der Waals surface area contributed by atoms with Gasteiger partial charge in [-0.25, -0.2) is 8.42 Å². The number of furan rings is 1. The molecule has 2 aliphatic rings. The van der Waals surface area contributed by atoms with Crippen molar-refractivity contribution in [1.29, 1.82) is 0 Å². The van der Waals surface area contributed by atoms with Crippen LogP contribution in [0, 0.1) is 5.92 Å². The number of hydrogen-bond acceptors (Lipinski definition) is 5. The summed E-state index contributed by atoms with van der Waals surface area (Å²) in [5.41, 5.74) is 1.09. The topological polar surface area (TPSA) is 59.8 Å². The quantitative estimate of drug-likeness (QED) is 0.820. The molecule has 0 unspecified atom stereocenters. The molecular formula is C14H21NO4S. The smallest absolute Gasteiger partial charge is 0.158 e. The monoisotopic (exact) mass is 299 g/mol. The van der Waals surface area contributed by atoms with Gasteiger partial charge in [-0.15, -0.1) is 0 Å². The zero-order valence-corrected chi connectivity index (χ0v) is 12.6. The highest BCUT2D eigenvalue weighted by Gasteiger charge is 2.61. The Morgan fingerprint density at radius 1 is 1.50 bits per heavy atom. The molecule has 1 aromatic heterocycles. The molecule has 0 amide bonds. The summed E-state index contributed by atoms with van der Waals surface area (Å²) < 4.78 is 34.7. The van der Waals surface area contributed by atoms with Crippen LogP contribution in [-0.4, -0.2) is 50.1 Å². The lowest BCUT2D eigenvalue weighted by atomic mass is 9.83. The predicted molar refractivity (Wildman–Crippen MR) is 75.1 cm³/mol. The van der Waals surface area contributed by atoms with Gasteiger partial charge in [-0.3, -0.25) is 4.90 Å². The Labute approximate surface area is 119 Å². The number of hydrogen-bond donors (Lipinski definition) is 0. The SMILES string of the molecule is CCOC[C@H]1CCS(=O)(=O)C12CN(Cc1ccoc1)C2. The summed E-state index contributed by atoms with van der Waals surface area (Å²) in [4.78, 5) is 2.17. The number of rotatable bonds is 5. The first-order chi connectivity index (χ1) is 9.57. The fourth-order valence-electron chi connectivity index (χ4n) is 3.43. The van der Waals surface area contributed by atoms with Crippen molar-refractivity contribution in [2.75, 3.05) is 32.1 Å². The summed E-state index contributed by atoms with van der Waals surface area (Å²) in [6.45, 7) is 5.16. The highest BCUT2D eigenvalue weighted by atomic mass is 32.2. The second-order valence-electron chi connectivity index (χ2n) is 5.81. The molecule has 2 fully saturated rings. The maximum atomic E-state index is 12.4. The fourth-order valence-corrected chi connectivity index (χ4v) is 5.88. The van der Waals surface area contributed by atoms with Gasteiger partial charge in [0.05, 0.1) is 24.9 Å². The minimum Gasteiger partial charge on any atom is -0.472 e. The van der Waals surface area contributed by atoms with Gasteiger partial charge in [-0.05, 0) is 19.4 Å². The van der Waals surface area contributed by atoms with Crippen molar-refractivity contribution in [3.05, 3.63) is 24.2 Å². The van der Waals surface area contributed by atoms with Gasteiger partial charge in [0.15, 0.2) is 9.84 Å². The van der Waals surface area contributed by atoms with Gasteiger partial charge in [0.1, 0.15) is 4.75 Å². The van der Waals surface area contributed by atoms with Crippen molar-refractivity contribution in [3.63, 3.8) is 0 Å². The van der Waals surface area contributed by atoms with E-state index in [9.17, 15) is 8.42 Å². The van der Waals surface area contributed by atoms with Crippen molar-refractivity contribution in [1.82, 2.24) is 4.90 Å². The number of ether oxygens (including phenoxy) is 1. The Bertz CT molecular complexity index is 546. The molecule has 3 rings (SSSR count). The molecule has 1 aromatic rings. The Morgan fingerprint density at radius 2 is 2.30 bits per heavy atom. The van der Waals surface area contributed by atoms with E-state index < -0.39 is 14.6 Å². The van der Waals surface area contributed by atoms with E-state index in [1.165, 1.54) is 0 Å². The first kappa shape index (κ1) is 14.1. The largest absolute Gasteiger partial charge is 0.472 e. The highest BCUT2D eigenvalue weighted by Crippen LogP contribution is 2.45. The van der Waals surface area contributed by atoms with Crippen molar-refractivity contribution in [2.45, 2.75) is 24.6 Å². The predicted octanol–water partition coefficient (Wildman–Crippen LogP) is 1.31. The lowest BCUT2D eigenvalue weighted by Crippen LogP contribution is -2.67. The molecule has 3 heterocycles. The van der Waals surface area contributed by atoms with Crippen LogP contribution in [0.15, 0.2) is 23.0 Å². The van der Waals surface area contributed by atoms with E-state index in [0.29, 0.717) is 32.1 Å². The average Bonchev–Trinajstić information content (AvgIpc) is 2.94. The van der Waals surface area contributed by atoms with Crippen LogP contribution in [0.5, 0.6) is 0 Å². The van der Waals surface area contributed by atoms with Gasteiger partial charge in [-0.1, -0.05) is 0 Å². The van der Waals surface area contributed by atoms with Crippen LogP contribution in [0.2, 0.25) is 0 Å². The summed E-state index contributed by atoms with van der Waals surface area (Å²) in [5.74, 6) is 0.456. The third kappa shape index (κ3) is 2.19. The Kier molecular flexibility index (Phi) is 3.64. The van der Waals surface area contributed by atoms with Crippen LogP contribution < -0.4 is 0 Å². The van der Waals surface area contributed by atoms with E-state index in [2.05, 4.69) is 4.90 Å². The molecular weight excluding hydrogens is 278 g/mol. The molecule has 20 heavy (non-hydrogen) atoms. The molecule has 0 N–H and O–H groups in total. The minimum atomic E-state index is -2.99. The first-order valence-electron chi connectivity index (χ1n) is 7.11. The van der Waals surface area contributed by atoms with Crippen LogP contribution in [-0.2, 0) is 21.1 Å². The number of sulfone groups is 1. The lowest BCUT2D eigenvalue weighted by Gasteiger charge is -2.50. The molecule has 0 aliphatic carbocycles. The third-order valence-electron chi connectivity index (χ3n) is 4.59. The summed E-state index contributed by atoms with van der Waals surface area (Å²) in [6, 6.07) is 1.92. The Morgan fingerprint density at radius 3 is 2.95 bits per heavy atom. The normalized spacial score (nSPS) is 27.8. The Hall–Kier alpha value is -0.850. The second kappa shape index (κ2) is 5.16. The standard InChI is InChI=1S/C14H21NO4S/c1-2-18-9-13-4-6-20(16,17)14(13)10-15(11-14)7-12-3-5-19-8-12/h3,5,8,13H,2,4,6-7,9-11H2,1H3/t13-/m1/s1. The summed E-state index contributed by atoms with van der Waals surface area (Å²) in [5, 5.41) is 0. The molecule has 0 saturated carbocycles. The molecule has 2 aliphatic heterocycles. The van der Waals surface area contributed by atoms with Gasteiger partial charge in [0.2, 0.25) is 0 Å². The molecule has 0 aromatic carbocycles. The maximum Gasteiger partial charge on any atom is 0.158 e. The molecule has 5 nitrogen and oxygen atoms in total. The maximum absolute atomic E-state index is 12.4.